The Morgan fingerprint density at radius 3 is 2.18 bits per heavy atom. The third kappa shape index (κ3) is 7.69. The molecule has 2 atom stereocenters. The number of azo groups is 1. The van der Waals surface area contributed by atoms with Crippen molar-refractivity contribution in [1.29, 1.82) is 15.8 Å². The molecule has 0 bridgehead atoms. The number of hydrogen-bond acceptors (Lipinski definition) is 13. The Morgan fingerprint density at radius 2 is 1.61 bits per heavy atom. The second kappa shape index (κ2) is 15.2. The summed E-state index contributed by atoms with van der Waals surface area (Å²) in [6, 6.07) is 7.59. The Balaban J connectivity index is 2.14. The van der Waals surface area contributed by atoms with Gasteiger partial charge < -0.3 is 25.4 Å². The number of ether oxygens (including phenoxy) is 2. The van der Waals surface area contributed by atoms with Crippen LogP contribution in [0.3, 0.4) is 0 Å². The van der Waals surface area contributed by atoms with Crippen molar-refractivity contribution in [2.24, 2.45) is 10.2 Å². The average molecular weight is 599 g/mol. The Kier molecular flexibility index (Phi) is 11.4. The zero-order valence-corrected chi connectivity index (χ0v) is 25.7. The number of carbonyl (C=O) groups is 1. The van der Waals surface area contributed by atoms with E-state index in [1.54, 1.807) is 41.1 Å². The molecule has 0 aliphatic heterocycles. The molecule has 44 heavy (non-hydrogen) atoms. The Morgan fingerprint density at radius 1 is 0.977 bits per heavy atom. The molecule has 2 unspecified atom stereocenters. The molecular weight excluding hydrogens is 564 g/mol. The highest BCUT2D eigenvalue weighted by Gasteiger charge is 2.21. The fourth-order valence-electron chi connectivity index (χ4n) is 4.19. The minimum absolute atomic E-state index is 0.0523. The summed E-state index contributed by atoms with van der Waals surface area (Å²) in [6.07, 6.45) is 1.62. The largest absolute Gasteiger partial charge is 0.383 e. The maximum atomic E-state index is 12.0. The number of rotatable bonds is 13. The van der Waals surface area contributed by atoms with Crippen molar-refractivity contribution < 1.29 is 14.3 Å². The summed E-state index contributed by atoms with van der Waals surface area (Å²) < 4.78 is 11.7. The number of anilines is 3. The van der Waals surface area contributed by atoms with Crippen molar-refractivity contribution in [1.82, 2.24) is 19.7 Å². The molecule has 0 aliphatic rings. The molecule has 0 aliphatic carbocycles. The van der Waals surface area contributed by atoms with Crippen LogP contribution in [0.25, 0.3) is 5.82 Å². The van der Waals surface area contributed by atoms with E-state index in [1.165, 1.54) is 10.9 Å². The van der Waals surface area contributed by atoms with Crippen LogP contribution < -0.4 is 16.0 Å². The fraction of sp³-hybridized carbons (Fsp3) is 0.414. The summed E-state index contributed by atoms with van der Waals surface area (Å²) in [4.78, 5) is 21.0. The van der Waals surface area contributed by atoms with Gasteiger partial charge in [0.2, 0.25) is 11.7 Å². The van der Waals surface area contributed by atoms with E-state index in [0.717, 1.165) is 0 Å². The van der Waals surface area contributed by atoms with Crippen molar-refractivity contribution in [3.63, 3.8) is 0 Å². The van der Waals surface area contributed by atoms with Crippen LogP contribution in [0.2, 0.25) is 0 Å². The summed E-state index contributed by atoms with van der Waals surface area (Å²) in [6.45, 7) is 9.69. The van der Waals surface area contributed by atoms with Crippen LogP contribution in [0.4, 0.5) is 29.0 Å². The highest BCUT2D eigenvalue weighted by Crippen LogP contribution is 2.36. The lowest BCUT2D eigenvalue weighted by Crippen LogP contribution is -2.24. The monoisotopic (exact) mass is 598 g/mol. The summed E-state index contributed by atoms with van der Waals surface area (Å²) in [7, 11) is 3.16. The van der Waals surface area contributed by atoms with Gasteiger partial charge in [-0.25, -0.2) is 14.6 Å². The molecule has 0 spiro atoms. The summed E-state index contributed by atoms with van der Waals surface area (Å²) in [5.74, 6) is 0.730. The Labute approximate surface area is 255 Å². The predicted molar refractivity (Wildman–Crippen MR) is 162 cm³/mol. The van der Waals surface area contributed by atoms with Gasteiger partial charge in [0.15, 0.2) is 11.6 Å². The fourth-order valence-corrected chi connectivity index (χ4v) is 4.19. The van der Waals surface area contributed by atoms with Crippen LogP contribution >= 0.6 is 0 Å². The van der Waals surface area contributed by atoms with Gasteiger partial charge in [0.25, 0.3) is 0 Å². The lowest BCUT2D eigenvalue weighted by atomic mass is 10.1. The van der Waals surface area contributed by atoms with E-state index < -0.39 is 0 Å². The van der Waals surface area contributed by atoms with Gasteiger partial charge >= 0.3 is 0 Å². The number of aromatic nitrogens is 4. The standard InChI is InChI=1S/C29H34N12O3/c1-8-24(42)35-23-9-16(2)21(11-31)29(36-23)41-13-20(10-30)26(40-41)39-38-25-19(5)22(12-32)27(33-17(3)14-43-6)37-28(25)34-18(4)15-44-7/h9,13,17-18H,8,14-15H2,1-7H3,(H2,33,34,37)(H,35,36,42). The van der Waals surface area contributed by atoms with Gasteiger partial charge in [0.05, 0.1) is 30.5 Å². The van der Waals surface area contributed by atoms with Gasteiger partial charge in [-0.1, -0.05) is 6.92 Å². The Hall–Kier alpha value is -5.43. The maximum absolute atomic E-state index is 12.0. The molecule has 0 saturated carbocycles. The highest BCUT2D eigenvalue weighted by molar-refractivity contribution is 5.89. The first-order valence-electron chi connectivity index (χ1n) is 13.7. The van der Waals surface area contributed by atoms with Gasteiger partial charge in [-0.2, -0.15) is 15.8 Å². The first-order valence-corrected chi connectivity index (χ1v) is 13.7. The summed E-state index contributed by atoms with van der Waals surface area (Å²) >= 11 is 0. The van der Waals surface area contributed by atoms with Gasteiger partial charge in [0, 0.05) is 38.3 Å². The van der Waals surface area contributed by atoms with Crippen LogP contribution in [0.5, 0.6) is 0 Å². The second-order valence-corrected chi connectivity index (χ2v) is 9.93. The molecule has 15 heteroatoms. The smallest absolute Gasteiger partial charge is 0.225 e. The SMILES string of the molecule is CCC(=O)Nc1cc(C)c(C#N)c(-n2cc(C#N)c(N=Nc3c(NC(C)COC)nc(NC(C)COC)c(C#N)c3C)n2)n1. The number of nitrogens with zero attached hydrogens (tertiary/aromatic N) is 9. The molecule has 0 radical (unpaired) electrons. The normalized spacial score (nSPS) is 12.2. The molecule has 3 aromatic rings. The van der Waals surface area contributed by atoms with Crippen molar-refractivity contribution in [2.45, 2.75) is 53.1 Å². The summed E-state index contributed by atoms with van der Waals surface area (Å²) in [5, 5.41) is 51.8. The average Bonchev–Trinajstić information content (AvgIpc) is 3.40. The molecule has 3 N–H and O–H groups in total. The molecule has 3 aromatic heterocycles. The van der Waals surface area contributed by atoms with Crippen LogP contribution in [0.1, 0.15) is 55.0 Å². The molecule has 3 heterocycles. The van der Waals surface area contributed by atoms with Crippen molar-refractivity contribution >= 4 is 34.9 Å². The predicted octanol–water partition coefficient (Wildman–Crippen LogP) is 4.55. The van der Waals surface area contributed by atoms with Crippen molar-refractivity contribution in [3.8, 4) is 24.0 Å². The number of nitrogens with one attached hydrogen (secondary N) is 3. The van der Waals surface area contributed by atoms with E-state index in [-0.39, 0.29) is 64.2 Å². The Bertz CT molecular complexity index is 1680. The molecule has 0 aromatic carbocycles. The molecule has 3 rings (SSSR count). The van der Waals surface area contributed by atoms with E-state index in [4.69, 9.17) is 9.47 Å². The first-order chi connectivity index (χ1) is 21.1. The van der Waals surface area contributed by atoms with Crippen LogP contribution in [0, 0.1) is 47.8 Å². The number of nitriles is 3. The zero-order chi connectivity index (χ0) is 32.4. The molecule has 228 valence electrons. The molecule has 1 amide bonds. The van der Waals surface area contributed by atoms with E-state index in [0.29, 0.717) is 36.0 Å². The summed E-state index contributed by atoms with van der Waals surface area (Å²) in [5.41, 5.74) is 1.84. The van der Waals surface area contributed by atoms with Crippen LogP contribution in [-0.4, -0.2) is 65.2 Å². The zero-order valence-electron chi connectivity index (χ0n) is 25.7. The third-order valence-corrected chi connectivity index (χ3v) is 6.30. The number of pyridine rings is 2. The lowest BCUT2D eigenvalue weighted by molar-refractivity contribution is -0.115. The van der Waals surface area contributed by atoms with Crippen LogP contribution in [0.15, 0.2) is 22.5 Å². The van der Waals surface area contributed by atoms with Crippen molar-refractivity contribution in [3.05, 3.63) is 40.1 Å². The number of hydrogen-bond donors (Lipinski definition) is 3. The molecule has 15 nitrogen and oxygen atoms in total. The van der Waals surface area contributed by atoms with E-state index in [2.05, 4.69) is 53.4 Å². The number of amides is 1. The molecule has 0 saturated heterocycles. The number of methoxy groups -OCH3 is 2. The minimum Gasteiger partial charge on any atom is -0.383 e. The van der Waals surface area contributed by atoms with E-state index >= 15 is 0 Å². The van der Waals surface area contributed by atoms with Crippen molar-refractivity contribution in [2.75, 3.05) is 43.4 Å². The van der Waals surface area contributed by atoms with Gasteiger partial charge in [-0.05, 0) is 39.3 Å². The first kappa shape index (κ1) is 33.1. The van der Waals surface area contributed by atoms with E-state index in [1.807, 2.05) is 19.9 Å². The van der Waals surface area contributed by atoms with Gasteiger partial charge in [-0.15, -0.1) is 15.3 Å². The van der Waals surface area contributed by atoms with Gasteiger partial charge in [-0.3, -0.25) is 4.79 Å². The quantitative estimate of drug-likeness (QED) is 0.232. The van der Waals surface area contributed by atoms with E-state index in [9.17, 15) is 20.6 Å². The highest BCUT2D eigenvalue weighted by atomic mass is 16.5. The third-order valence-electron chi connectivity index (χ3n) is 6.30. The number of aryl methyl sites for hydroxylation is 1. The number of carbonyl (C=O) groups excluding carboxylic acids is 1. The van der Waals surface area contributed by atoms with Crippen LogP contribution in [-0.2, 0) is 14.3 Å². The molecular formula is C29H34N12O3. The topological polar surface area (TPSA) is 211 Å². The lowest BCUT2D eigenvalue weighted by Gasteiger charge is -2.20. The van der Waals surface area contributed by atoms with Gasteiger partial charge in [0.1, 0.15) is 41.1 Å². The minimum atomic E-state index is -0.250. The second-order valence-electron chi connectivity index (χ2n) is 9.93. The maximum Gasteiger partial charge on any atom is 0.225 e. The molecule has 0 fully saturated rings.